The number of rotatable bonds is 3. The molecule has 0 saturated heterocycles. The van der Waals surface area contributed by atoms with Crippen molar-refractivity contribution in [1.82, 2.24) is 9.78 Å². The number of aromatic nitrogens is 2. The second kappa shape index (κ2) is 5.48. The Morgan fingerprint density at radius 1 is 1.23 bits per heavy atom. The van der Waals surface area contributed by atoms with Crippen molar-refractivity contribution in [2.75, 3.05) is 14.2 Å². The Kier molecular flexibility index (Phi) is 3.64. The van der Waals surface area contributed by atoms with Gasteiger partial charge in [0.1, 0.15) is 22.9 Å². The Morgan fingerprint density at radius 3 is 2.45 bits per heavy atom. The van der Waals surface area contributed by atoms with Gasteiger partial charge >= 0.3 is 0 Å². The maximum atomic E-state index is 12.3. The average Bonchev–Trinajstić information content (AvgIpc) is 2.88. The fourth-order valence-corrected chi connectivity index (χ4v) is 3.22. The first kappa shape index (κ1) is 14.6. The van der Waals surface area contributed by atoms with E-state index in [9.17, 15) is 4.79 Å². The standard InChI is InChI=1S/C17H20N2O3/c1-10-8-9-11(20)17-14(10)16(18-19(17)2)15-12(21-3)6-5-7-13(15)22-4/h5-7,10H,8-9H2,1-4H3. The van der Waals surface area contributed by atoms with Crippen molar-refractivity contribution >= 4 is 5.78 Å². The lowest BCUT2D eigenvalue weighted by Gasteiger charge is -2.20. The highest BCUT2D eigenvalue weighted by Crippen LogP contribution is 2.44. The topological polar surface area (TPSA) is 53.4 Å². The molecule has 0 bridgehead atoms. The molecule has 5 heteroatoms. The highest BCUT2D eigenvalue weighted by Gasteiger charge is 2.32. The lowest BCUT2D eigenvalue weighted by Crippen LogP contribution is -2.16. The minimum atomic E-state index is 0.156. The number of carbonyl (C=O) groups excluding carboxylic acids is 1. The molecule has 0 radical (unpaired) electrons. The second-order valence-corrected chi connectivity index (χ2v) is 5.63. The summed E-state index contributed by atoms with van der Waals surface area (Å²) in [4.78, 5) is 12.3. The van der Waals surface area contributed by atoms with E-state index in [0.717, 1.165) is 23.2 Å². The van der Waals surface area contributed by atoms with Gasteiger partial charge in [-0.05, 0) is 24.5 Å². The third-order valence-electron chi connectivity index (χ3n) is 4.31. The van der Waals surface area contributed by atoms with Crippen LogP contribution in [0.4, 0.5) is 0 Å². The van der Waals surface area contributed by atoms with E-state index in [4.69, 9.17) is 9.47 Å². The van der Waals surface area contributed by atoms with E-state index in [0.29, 0.717) is 23.6 Å². The highest BCUT2D eigenvalue weighted by molar-refractivity contribution is 5.99. The molecule has 0 spiro atoms. The SMILES string of the molecule is COc1cccc(OC)c1-c1nn(C)c2c1C(C)CCC2=O. The Labute approximate surface area is 129 Å². The van der Waals surface area contributed by atoms with Crippen molar-refractivity contribution in [2.45, 2.75) is 25.7 Å². The van der Waals surface area contributed by atoms with Crippen LogP contribution in [0.3, 0.4) is 0 Å². The van der Waals surface area contributed by atoms with Crippen molar-refractivity contribution in [3.8, 4) is 22.8 Å². The number of benzene rings is 1. The van der Waals surface area contributed by atoms with Gasteiger partial charge in [0, 0.05) is 19.0 Å². The van der Waals surface area contributed by atoms with Gasteiger partial charge in [-0.2, -0.15) is 5.10 Å². The number of hydrogen-bond donors (Lipinski definition) is 0. The molecule has 0 saturated carbocycles. The Balaban J connectivity index is 2.31. The van der Waals surface area contributed by atoms with Crippen LogP contribution in [0.1, 0.15) is 41.7 Å². The van der Waals surface area contributed by atoms with Crippen LogP contribution in [0, 0.1) is 0 Å². The summed E-state index contributed by atoms with van der Waals surface area (Å²) in [5.74, 6) is 1.84. The molecule has 0 N–H and O–H groups in total. The summed E-state index contributed by atoms with van der Waals surface area (Å²) in [6.07, 6.45) is 1.43. The van der Waals surface area contributed by atoms with Crippen molar-refractivity contribution in [2.24, 2.45) is 7.05 Å². The number of hydrogen-bond acceptors (Lipinski definition) is 4. The van der Waals surface area contributed by atoms with E-state index in [1.807, 2.05) is 25.2 Å². The van der Waals surface area contributed by atoms with Gasteiger partial charge in [0.25, 0.3) is 0 Å². The van der Waals surface area contributed by atoms with Crippen molar-refractivity contribution < 1.29 is 14.3 Å². The zero-order chi connectivity index (χ0) is 15.9. The summed E-state index contributed by atoms with van der Waals surface area (Å²) in [5.41, 5.74) is 3.31. The molecule has 0 fully saturated rings. The van der Waals surface area contributed by atoms with Gasteiger partial charge in [-0.1, -0.05) is 13.0 Å². The van der Waals surface area contributed by atoms with E-state index < -0.39 is 0 Å². The fraction of sp³-hybridized carbons (Fsp3) is 0.412. The second-order valence-electron chi connectivity index (χ2n) is 5.63. The summed E-state index contributed by atoms with van der Waals surface area (Å²) in [6, 6.07) is 5.65. The largest absolute Gasteiger partial charge is 0.496 e. The highest BCUT2D eigenvalue weighted by atomic mass is 16.5. The summed E-state index contributed by atoms with van der Waals surface area (Å²) in [6.45, 7) is 2.14. The minimum absolute atomic E-state index is 0.156. The smallest absolute Gasteiger partial charge is 0.181 e. The van der Waals surface area contributed by atoms with Crippen LogP contribution in [0.2, 0.25) is 0 Å². The molecule has 1 aliphatic rings. The molecule has 5 nitrogen and oxygen atoms in total. The average molecular weight is 300 g/mol. The number of fused-ring (bicyclic) bond motifs is 1. The third-order valence-corrected chi connectivity index (χ3v) is 4.31. The number of aryl methyl sites for hydroxylation is 1. The Morgan fingerprint density at radius 2 is 1.86 bits per heavy atom. The number of ketones is 1. The van der Waals surface area contributed by atoms with E-state index in [1.165, 1.54) is 0 Å². The molecule has 1 atom stereocenters. The maximum absolute atomic E-state index is 12.3. The molecule has 2 aromatic rings. The first-order valence-corrected chi connectivity index (χ1v) is 7.40. The number of nitrogens with zero attached hydrogens (tertiary/aromatic N) is 2. The lowest BCUT2D eigenvalue weighted by atomic mass is 9.84. The normalized spacial score (nSPS) is 17.3. The van der Waals surface area contributed by atoms with Gasteiger partial charge in [0.15, 0.2) is 5.78 Å². The van der Waals surface area contributed by atoms with Gasteiger partial charge in [-0.25, -0.2) is 0 Å². The molecule has 3 rings (SSSR count). The van der Waals surface area contributed by atoms with Crippen LogP contribution >= 0.6 is 0 Å². The van der Waals surface area contributed by atoms with Gasteiger partial charge in [0.05, 0.1) is 19.8 Å². The van der Waals surface area contributed by atoms with E-state index in [1.54, 1.807) is 18.9 Å². The van der Waals surface area contributed by atoms with E-state index in [-0.39, 0.29) is 11.7 Å². The summed E-state index contributed by atoms with van der Waals surface area (Å²) in [7, 11) is 5.07. The van der Waals surface area contributed by atoms with Crippen LogP contribution < -0.4 is 9.47 Å². The Hall–Kier alpha value is -2.30. The molecule has 22 heavy (non-hydrogen) atoms. The molecule has 1 aromatic heterocycles. The number of methoxy groups -OCH3 is 2. The molecule has 1 aromatic carbocycles. The monoisotopic (exact) mass is 300 g/mol. The van der Waals surface area contributed by atoms with Crippen molar-refractivity contribution in [3.05, 3.63) is 29.5 Å². The number of Topliss-reactive ketones (excluding diaryl/α,β-unsaturated/α-hetero) is 1. The van der Waals surface area contributed by atoms with Gasteiger partial charge in [0.2, 0.25) is 0 Å². The zero-order valence-corrected chi connectivity index (χ0v) is 13.3. The molecule has 1 heterocycles. The van der Waals surface area contributed by atoms with Crippen LogP contribution in [0.5, 0.6) is 11.5 Å². The molecule has 0 amide bonds. The molecule has 116 valence electrons. The fourth-order valence-electron chi connectivity index (χ4n) is 3.22. The zero-order valence-electron chi connectivity index (χ0n) is 13.3. The van der Waals surface area contributed by atoms with Crippen LogP contribution in [0.15, 0.2) is 18.2 Å². The van der Waals surface area contributed by atoms with Crippen molar-refractivity contribution in [1.29, 1.82) is 0 Å². The third kappa shape index (κ3) is 2.08. The van der Waals surface area contributed by atoms with E-state index >= 15 is 0 Å². The first-order chi connectivity index (χ1) is 10.6. The number of carbonyl (C=O) groups is 1. The predicted octanol–water partition coefficient (Wildman–Crippen LogP) is 3.18. The Bertz CT molecular complexity index is 711. The summed E-state index contributed by atoms with van der Waals surface area (Å²) in [5, 5.41) is 4.62. The van der Waals surface area contributed by atoms with Crippen molar-refractivity contribution in [3.63, 3.8) is 0 Å². The molecule has 1 aliphatic carbocycles. The van der Waals surface area contributed by atoms with Crippen LogP contribution in [0.25, 0.3) is 11.3 Å². The summed E-state index contributed by atoms with van der Waals surface area (Å²) < 4.78 is 12.7. The molecule has 1 unspecified atom stereocenters. The molecular formula is C17H20N2O3. The quantitative estimate of drug-likeness (QED) is 0.873. The maximum Gasteiger partial charge on any atom is 0.181 e. The van der Waals surface area contributed by atoms with Gasteiger partial charge < -0.3 is 9.47 Å². The first-order valence-electron chi connectivity index (χ1n) is 7.40. The van der Waals surface area contributed by atoms with E-state index in [2.05, 4.69) is 12.0 Å². The summed E-state index contributed by atoms with van der Waals surface area (Å²) >= 11 is 0. The molecular weight excluding hydrogens is 280 g/mol. The lowest BCUT2D eigenvalue weighted by molar-refractivity contribution is 0.0958. The van der Waals surface area contributed by atoms with Gasteiger partial charge in [-0.3, -0.25) is 9.48 Å². The molecule has 0 aliphatic heterocycles. The van der Waals surface area contributed by atoms with Gasteiger partial charge in [-0.15, -0.1) is 0 Å². The van der Waals surface area contributed by atoms with Crippen LogP contribution in [-0.2, 0) is 7.05 Å². The minimum Gasteiger partial charge on any atom is -0.496 e. The predicted molar refractivity (Wildman–Crippen MR) is 83.7 cm³/mol. The van der Waals surface area contributed by atoms with Crippen LogP contribution in [-0.4, -0.2) is 29.8 Å². The number of ether oxygens (including phenoxy) is 2.